The quantitative estimate of drug-likeness (QED) is 0.433. The lowest BCUT2D eigenvalue weighted by molar-refractivity contribution is -0.384. The number of fused-ring (bicyclic) bond motifs is 1. The molecule has 0 fully saturated rings. The molecular formula is C15H11IN2O4. The first-order chi connectivity index (χ1) is 10.6. The molecular weight excluding hydrogens is 399 g/mol. The third-order valence-corrected chi connectivity index (χ3v) is 4.07. The standard InChI is InChI=1S/C15H11IN2O4/c16-11-3-1-10(2-4-11)15(19)17-7-8-22-14-6-5-12(18(20)21)9-13(14)17/h1-6,9H,7-8H2. The van der Waals surface area contributed by atoms with Gasteiger partial charge in [-0.1, -0.05) is 0 Å². The average Bonchev–Trinajstić information content (AvgIpc) is 2.53. The number of hydrogen-bond donors (Lipinski definition) is 0. The minimum absolute atomic E-state index is 0.0651. The third kappa shape index (κ3) is 2.76. The second-order valence-corrected chi connectivity index (χ2v) is 5.97. The lowest BCUT2D eigenvalue weighted by Crippen LogP contribution is -2.38. The molecule has 6 nitrogen and oxygen atoms in total. The Morgan fingerprint density at radius 1 is 1.23 bits per heavy atom. The number of amides is 1. The minimum Gasteiger partial charge on any atom is -0.490 e. The predicted molar refractivity (Wildman–Crippen MR) is 89.4 cm³/mol. The van der Waals surface area contributed by atoms with E-state index in [-0.39, 0.29) is 11.6 Å². The van der Waals surface area contributed by atoms with Crippen molar-refractivity contribution in [3.05, 3.63) is 61.7 Å². The van der Waals surface area contributed by atoms with Gasteiger partial charge in [0.1, 0.15) is 12.4 Å². The number of benzene rings is 2. The molecule has 1 aliphatic rings. The SMILES string of the molecule is O=C(c1ccc(I)cc1)N1CCOc2ccc([N+](=O)[O-])cc21. The van der Waals surface area contributed by atoms with Gasteiger partial charge >= 0.3 is 0 Å². The number of non-ortho nitro benzene ring substituents is 1. The number of carbonyl (C=O) groups is 1. The van der Waals surface area contributed by atoms with Crippen LogP contribution in [-0.4, -0.2) is 24.0 Å². The Labute approximate surface area is 140 Å². The van der Waals surface area contributed by atoms with Crippen LogP contribution in [0.5, 0.6) is 5.75 Å². The van der Waals surface area contributed by atoms with Crippen LogP contribution < -0.4 is 9.64 Å². The molecule has 2 aromatic carbocycles. The maximum Gasteiger partial charge on any atom is 0.271 e. The van der Waals surface area contributed by atoms with Gasteiger partial charge in [-0.05, 0) is 52.9 Å². The van der Waals surface area contributed by atoms with Crippen molar-refractivity contribution in [2.75, 3.05) is 18.1 Å². The smallest absolute Gasteiger partial charge is 0.271 e. The molecule has 0 unspecified atom stereocenters. The molecule has 1 amide bonds. The van der Waals surface area contributed by atoms with Crippen molar-refractivity contribution in [1.29, 1.82) is 0 Å². The largest absolute Gasteiger partial charge is 0.490 e. The predicted octanol–water partition coefficient (Wildman–Crippen LogP) is 3.24. The molecule has 3 rings (SSSR count). The van der Waals surface area contributed by atoms with E-state index in [1.165, 1.54) is 23.1 Å². The normalized spacial score (nSPS) is 13.2. The van der Waals surface area contributed by atoms with Gasteiger partial charge in [-0.25, -0.2) is 0 Å². The van der Waals surface area contributed by atoms with E-state index in [4.69, 9.17) is 4.74 Å². The van der Waals surface area contributed by atoms with E-state index in [0.717, 1.165) is 3.57 Å². The molecule has 0 saturated heterocycles. The first kappa shape index (κ1) is 14.8. The van der Waals surface area contributed by atoms with Crippen LogP contribution in [0.4, 0.5) is 11.4 Å². The van der Waals surface area contributed by atoms with Crippen molar-refractivity contribution in [2.45, 2.75) is 0 Å². The molecule has 0 saturated carbocycles. The highest BCUT2D eigenvalue weighted by molar-refractivity contribution is 14.1. The molecule has 2 aromatic rings. The monoisotopic (exact) mass is 410 g/mol. The Kier molecular flexibility index (Phi) is 3.97. The first-order valence-corrected chi connectivity index (χ1v) is 7.63. The molecule has 1 heterocycles. The molecule has 0 aromatic heterocycles. The Balaban J connectivity index is 1.99. The molecule has 0 radical (unpaired) electrons. The van der Waals surface area contributed by atoms with Gasteiger partial charge in [0, 0.05) is 21.3 Å². The van der Waals surface area contributed by atoms with Crippen molar-refractivity contribution in [3.8, 4) is 5.75 Å². The zero-order valence-electron chi connectivity index (χ0n) is 11.4. The molecule has 7 heteroatoms. The summed E-state index contributed by atoms with van der Waals surface area (Å²) >= 11 is 2.17. The van der Waals surface area contributed by atoms with E-state index in [0.29, 0.717) is 30.2 Å². The summed E-state index contributed by atoms with van der Waals surface area (Å²) < 4.78 is 6.51. The summed E-state index contributed by atoms with van der Waals surface area (Å²) in [5, 5.41) is 10.9. The second-order valence-electron chi connectivity index (χ2n) is 4.72. The number of ether oxygens (including phenoxy) is 1. The fourth-order valence-electron chi connectivity index (χ4n) is 2.28. The maximum atomic E-state index is 12.7. The van der Waals surface area contributed by atoms with E-state index in [9.17, 15) is 14.9 Å². The average molecular weight is 410 g/mol. The van der Waals surface area contributed by atoms with Crippen molar-refractivity contribution in [2.24, 2.45) is 0 Å². The summed E-state index contributed by atoms with van der Waals surface area (Å²) in [6.45, 7) is 0.722. The molecule has 0 aliphatic carbocycles. The summed E-state index contributed by atoms with van der Waals surface area (Å²) in [5.41, 5.74) is 0.911. The molecule has 0 N–H and O–H groups in total. The van der Waals surface area contributed by atoms with Crippen LogP contribution in [0.1, 0.15) is 10.4 Å². The minimum atomic E-state index is -0.484. The Morgan fingerprint density at radius 2 is 1.95 bits per heavy atom. The van der Waals surface area contributed by atoms with Crippen molar-refractivity contribution < 1.29 is 14.5 Å². The number of nitrogens with zero attached hydrogens (tertiary/aromatic N) is 2. The number of halogens is 1. The summed E-state index contributed by atoms with van der Waals surface area (Å²) in [6.07, 6.45) is 0. The van der Waals surface area contributed by atoms with Crippen molar-refractivity contribution in [1.82, 2.24) is 0 Å². The van der Waals surface area contributed by atoms with Gasteiger partial charge < -0.3 is 9.64 Å². The van der Waals surface area contributed by atoms with Crippen molar-refractivity contribution in [3.63, 3.8) is 0 Å². The number of anilines is 1. The van der Waals surface area contributed by atoms with Gasteiger partial charge in [0.05, 0.1) is 17.2 Å². The van der Waals surface area contributed by atoms with Crippen LogP contribution in [0.2, 0.25) is 0 Å². The van der Waals surface area contributed by atoms with E-state index in [1.807, 2.05) is 12.1 Å². The lowest BCUT2D eigenvalue weighted by atomic mass is 10.1. The summed E-state index contributed by atoms with van der Waals surface area (Å²) in [7, 11) is 0. The highest BCUT2D eigenvalue weighted by Crippen LogP contribution is 2.35. The van der Waals surface area contributed by atoms with E-state index < -0.39 is 4.92 Å². The molecule has 1 aliphatic heterocycles. The fourth-order valence-corrected chi connectivity index (χ4v) is 2.64. The van der Waals surface area contributed by atoms with Gasteiger partial charge in [-0.15, -0.1) is 0 Å². The summed E-state index contributed by atoms with van der Waals surface area (Å²) in [5.74, 6) is 0.289. The number of rotatable bonds is 2. The highest BCUT2D eigenvalue weighted by Gasteiger charge is 2.26. The number of nitro groups is 1. The highest BCUT2D eigenvalue weighted by atomic mass is 127. The molecule has 0 atom stereocenters. The van der Waals surface area contributed by atoms with E-state index in [2.05, 4.69) is 22.6 Å². The fraction of sp³-hybridized carbons (Fsp3) is 0.133. The van der Waals surface area contributed by atoms with Crippen LogP contribution in [-0.2, 0) is 0 Å². The molecule has 22 heavy (non-hydrogen) atoms. The van der Waals surface area contributed by atoms with Gasteiger partial charge in [0.15, 0.2) is 0 Å². The zero-order chi connectivity index (χ0) is 15.7. The Hall–Kier alpha value is -2.16. The van der Waals surface area contributed by atoms with Gasteiger partial charge in [0.25, 0.3) is 11.6 Å². The lowest BCUT2D eigenvalue weighted by Gasteiger charge is -2.29. The molecule has 0 spiro atoms. The van der Waals surface area contributed by atoms with Crippen LogP contribution in [0.3, 0.4) is 0 Å². The van der Waals surface area contributed by atoms with Crippen LogP contribution in [0.25, 0.3) is 0 Å². The van der Waals surface area contributed by atoms with Gasteiger partial charge in [-0.3, -0.25) is 14.9 Å². The number of carbonyl (C=O) groups excluding carboxylic acids is 1. The van der Waals surface area contributed by atoms with Crippen LogP contribution in [0, 0.1) is 13.7 Å². The molecule has 0 bridgehead atoms. The van der Waals surface area contributed by atoms with E-state index in [1.54, 1.807) is 12.1 Å². The van der Waals surface area contributed by atoms with Gasteiger partial charge in [0.2, 0.25) is 0 Å². The van der Waals surface area contributed by atoms with Gasteiger partial charge in [-0.2, -0.15) is 0 Å². The summed E-state index contributed by atoms with van der Waals surface area (Å²) in [6, 6.07) is 11.5. The topological polar surface area (TPSA) is 72.7 Å². The first-order valence-electron chi connectivity index (χ1n) is 6.55. The summed E-state index contributed by atoms with van der Waals surface area (Å²) in [4.78, 5) is 24.6. The second kappa shape index (κ2) is 5.91. The number of hydrogen-bond acceptors (Lipinski definition) is 4. The van der Waals surface area contributed by atoms with Crippen molar-refractivity contribution >= 4 is 39.9 Å². The Morgan fingerprint density at radius 3 is 2.64 bits per heavy atom. The maximum absolute atomic E-state index is 12.7. The zero-order valence-corrected chi connectivity index (χ0v) is 13.5. The third-order valence-electron chi connectivity index (χ3n) is 3.35. The number of nitro benzene ring substituents is 1. The molecule has 112 valence electrons. The van der Waals surface area contributed by atoms with Crippen LogP contribution >= 0.6 is 22.6 Å². The van der Waals surface area contributed by atoms with Crippen LogP contribution in [0.15, 0.2) is 42.5 Å². The Bertz CT molecular complexity index is 746. The van der Waals surface area contributed by atoms with E-state index >= 15 is 0 Å².